The fourth-order valence-corrected chi connectivity index (χ4v) is 4.99. The van der Waals surface area contributed by atoms with E-state index in [9.17, 15) is 14.9 Å². The smallest absolute Gasteiger partial charge is 0.269 e. The van der Waals surface area contributed by atoms with Crippen molar-refractivity contribution >= 4 is 35.1 Å². The molecule has 2 N–H and O–H groups in total. The molecule has 38 heavy (non-hydrogen) atoms. The van der Waals surface area contributed by atoms with E-state index < -0.39 is 4.92 Å². The maximum atomic E-state index is 12.7. The van der Waals surface area contributed by atoms with Gasteiger partial charge >= 0.3 is 0 Å². The number of ether oxygens (including phenoxy) is 2. The highest BCUT2D eigenvalue weighted by Crippen LogP contribution is 2.37. The molecule has 1 aliphatic rings. The van der Waals surface area contributed by atoms with Crippen LogP contribution in [-0.4, -0.2) is 23.4 Å². The predicted molar refractivity (Wildman–Crippen MR) is 151 cm³/mol. The van der Waals surface area contributed by atoms with Crippen molar-refractivity contribution in [3.8, 4) is 11.5 Å². The summed E-state index contributed by atoms with van der Waals surface area (Å²) in [5, 5.41) is 17.4. The molecule has 0 unspecified atom stereocenters. The van der Waals surface area contributed by atoms with Crippen LogP contribution in [0.1, 0.15) is 29.2 Å². The molecule has 196 valence electrons. The summed E-state index contributed by atoms with van der Waals surface area (Å²) in [6.07, 6.45) is 5.06. The Labute approximate surface area is 225 Å². The fourth-order valence-electron chi connectivity index (χ4n) is 4.01. The third-order valence-electron chi connectivity index (χ3n) is 5.93. The largest absolute Gasteiger partial charge is 0.493 e. The molecule has 0 aromatic heterocycles. The number of hydrogen-bond acceptors (Lipinski definition) is 7. The van der Waals surface area contributed by atoms with E-state index in [0.717, 1.165) is 23.2 Å². The Bertz CT molecular complexity index is 1370. The van der Waals surface area contributed by atoms with E-state index in [0.29, 0.717) is 28.4 Å². The minimum absolute atomic E-state index is 0.00413. The average Bonchev–Trinajstić information content (AvgIpc) is 3.26. The van der Waals surface area contributed by atoms with Crippen molar-refractivity contribution in [3.63, 3.8) is 0 Å². The molecule has 8 nitrogen and oxygen atoms in total. The number of nitrogens with zero attached hydrogens (tertiary/aromatic N) is 1. The Hall–Kier alpha value is -4.24. The molecule has 0 spiro atoms. The summed E-state index contributed by atoms with van der Waals surface area (Å²) >= 11 is 1.41. The van der Waals surface area contributed by atoms with E-state index in [1.807, 2.05) is 24.3 Å². The normalized spacial score (nSPS) is 15.7. The van der Waals surface area contributed by atoms with Crippen molar-refractivity contribution < 1.29 is 19.2 Å². The third kappa shape index (κ3) is 6.54. The summed E-state index contributed by atoms with van der Waals surface area (Å²) in [6, 6.07) is 18.2. The Morgan fingerprint density at radius 2 is 1.95 bits per heavy atom. The van der Waals surface area contributed by atoms with E-state index in [2.05, 4.69) is 36.3 Å². The van der Waals surface area contributed by atoms with Crippen molar-refractivity contribution in [1.82, 2.24) is 5.32 Å². The van der Waals surface area contributed by atoms with Gasteiger partial charge in [0.25, 0.3) is 11.6 Å². The van der Waals surface area contributed by atoms with Gasteiger partial charge in [0.05, 0.1) is 16.9 Å². The monoisotopic (exact) mass is 531 g/mol. The summed E-state index contributed by atoms with van der Waals surface area (Å²) in [4.78, 5) is 23.9. The molecule has 1 amide bonds. The number of rotatable bonds is 11. The lowest BCUT2D eigenvalue weighted by Crippen LogP contribution is -2.30. The number of anilines is 1. The van der Waals surface area contributed by atoms with Crippen molar-refractivity contribution in [2.45, 2.75) is 31.9 Å². The number of carbonyl (C=O) groups is 1. The maximum Gasteiger partial charge on any atom is 0.269 e. The summed E-state index contributed by atoms with van der Waals surface area (Å²) in [5.41, 5.74) is 4.18. The number of thioether (sulfide) groups is 1. The molecule has 1 heterocycles. The molecule has 1 saturated heterocycles. The van der Waals surface area contributed by atoms with E-state index in [-0.39, 0.29) is 23.7 Å². The molecule has 3 aromatic rings. The van der Waals surface area contributed by atoms with Gasteiger partial charge in [-0.25, -0.2) is 0 Å². The predicted octanol–water partition coefficient (Wildman–Crippen LogP) is 6.07. The van der Waals surface area contributed by atoms with Gasteiger partial charge in [0.1, 0.15) is 6.61 Å². The Kier molecular flexibility index (Phi) is 8.70. The molecule has 1 atom stereocenters. The first kappa shape index (κ1) is 26.8. The molecule has 9 heteroatoms. The first-order chi connectivity index (χ1) is 18.4. The van der Waals surface area contributed by atoms with Crippen LogP contribution in [0.5, 0.6) is 11.5 Å². The number of non-ortho nitro benzene ring substituents is 1. The molecule has 0 bridgehead atoms. The average molecular weight is 532 g/mol. The zero-order valence-corrected chi connectivity index (χ0v) is 22.0. The van der Waals surface area contributed by atoms with Crippen LogP contribution in [0.3, 0.4) is 0 Å². The molecule has 1 aliphatic heterocycles. The zero-order chi connectivity index (χ0) is 27.1. The van der Waals surface area contributed by atoms with Crippen molar-refractivity contribution in [2.75, 3.05) is 12.4 Å². The van der Waals surface area contributed by atoms with Crippen LogP contribution in [0.25, 0.3) is 6.08 Å². The minimum Gasteiger partial charge on any atom is -0.493 e. The topological polar surface area (TPSA) is 103 Å². The number of aryl methyl sites for hydroxylation is 1. The lowest BCUT2D eigenvalue weighted by molar-refractivity contribution is -0.384. The zero-order valence-electron chi connectivity index (χ0n) is 21.2. The Morgan fingerprint density at radius 3 is 2.63 bits per heavy atom. The first-order valence-electron chi connectivity index (χ1n) is 12.1. The van der Waals surface area contributed by atoms with Gasteiger partial charge < -0.3 is 20.1 Å². The molecule has 1 fully saturated rings. The van der Waals surface area contributed by atoms with Gasteiger partial charge in [-0.3, -0.25) is 14.9 Å². The number of nitrogens with one attached hydrogen (secondary N) is 2. The molecule has 0 aliphatic carbocycles. The van der Waals surface area contributed by atoms with Crippen LogP contribution in [0, 0.1) is 10.1 Å². The van der Waals surface area contributed by atoms with Crippen molar-refractivity contribution in [1.29, 1.82) is 0 Å². The lowest BCUT2D eigenvalue weighted by Gasteiger charge is -2.16. The molecule has 3 aromatic carbocycles. The van der Waals surface area contributed by atoms with Gasteiger partial charge in [-0.2, -0.15) is 0 Å². The summed E-state index contributed by atoms with van der Waals surface area (Å²) in [6.45, 7) is 6.09. The highest BCUT2D eigenvalue weighted by atomic mass is 32.2. The fraction of sp³-hybridized carbons (Fsp3) is 0.207. The number of nitro groups is 1. The number of benzene rings is 3. The lowest BCUT2D eigenvalue weighted by atomic mass is 10.0. The number of allylic oxidation sites excluding steroid dienone is 1. The second kappa shape index (κ2) is 12.3. The first-order valence-corrected chi connectivity index (χ1v) is 13.0. The third-order valence-corrected chi connectivity index (χ3v) is 6.96. The Balaban J connectivity index is 1.53. The van der Waals surface area contributed by atoms with Gasteiger partial charge in [0.15, 0.2) is 17.0 Å². The molecule has 0 radical (unpaired) electrons. The van der Waals surface area contributed by atoms with Crippen LogP contribution in [-0.2, 0) is 24.2 Å². The van der Waals surface area contributed by atoms with Gasteiger partial charge in [0.2, 0.25) is 0 Å². The number of methoxy groups -OCH3 is 1. The highest BCUT2D eigenvalue weighted by molar-refractivity contribution is 8.05. The van der Waals surface area contributed by atoms with E-state index in [1.54, 1.807) is 31.4 Å². The Morgan fingerprint density at radius 1 is 1.16 bits per heavy atom. The standard InChI is InChI=1S/C29H29N3O5S/c1-4-7-22-14-21(16-25(36-3)27(22)37-18-20-8-6-9-24(15-20)32(34)35)17-26-28(33)31-29(38-26)30-23-12-10-19(5-2)11-13-23/h4,6,8-17,29-30H,1,5,7,18H2,2-3H3,(H,31,33)/b26-17-/t29-/m1/s1. The van der Waals surface area contributed by atoms with Gasteiger partial charge in [0, 0.05) is 23.4 Å². The summed E-state index contributed by atoms with van der Waals surface area (Å²) in [7, 11) is 1.55. The van der Waals surface area contributed by atoms with Crippen LogP contribution in [0.4, 0.5) is 11.4 Å². The number of amides is 1. The van der Waals surface area contributed by atoms with E-state index in [4.69, 9.17) is 9.47 Å². The van der Waals surface area contributed by atoms with Gasteiger partial charge in [-0.15, -0.1) is 6.58 Å². The van der Waals surface area contributed by atoms with Gasteiger partial charge in [-0.1, -0.05) is 49.0 Å². The highest BCUT2D eigenvalue weighted by Gasteiger charge is 2.27. The number of hydrogen-bond donors (Lipinski definition) is 2. The van der Waals surface area contributed by atoms with E-state index in [1.165, 1.54) is 29.5 Å². The molecular weight excluding hydrogens is 502 g/mol. The van der Waals surface area contributed by atoms with E-state index >= 15 is 0 Å². The number of nitro benzene ring substituents is 1. The second-order valence-electron chi connectivity index (χ2n) is 8.59. The second-order valence-corrected chi connectivity index (χ2v) is 9.74. The SMILES string of the molecule is C=CCc1cc(/C=C2\S[C@H](Nc3ccc(CC)cc3)NC2=O)cc(OC)c1OCc1cccc([N+](=O)[O-])c1. The van der Waals surface area contributed by atoms with Crippen LogP contribution >= 0.6 is 11.8 Å². The number of carbonyl (C=O) groups excluding carboxylic acids is 1. The quantitative estimate of drug-likeness (QED) is 0.134. The van der Waals surface area contributed by atoms with Crippen molar-refractivity contribution in [2.24, 2.45) is 0 Å². The van der Waals surface area contributed by atoms with Crippen LogP contribution in [0.2, 0.25) is 0 Å². The molecule has 4 rings (SSSR count). The maximum absolute atomic E-state index is 12.7. The summed E-state index contributed by atoms with van der Waals surface area (Å²) < 4.78 is 11.7. The summed E-state index contributed by atoms with van der Waals surface area (Å²) in [5.74, 6) is 0.864. The molecular formula is C29H29N3O5S. The van der Waals surface area contributed by atoms with Crippen molar-refractivity contribution in [3.05, 3.63) is 111 Å². The molecule has 0 saturated carbocycles. The van der Waals surface area contributed by atoms with Crippen LogP contribution < -0.4 is 20.1 Å². The van der Waals surface area contributed by atoms with Gasteiger partial charge in [-0.05, 0) is 59.9 Å². The van der Waals surface area contributed by atoms with Crippen LogP contribution in [0.15, 0.2) is 78.2 Å². The minimum atomic E-state index is -0.436.